The topological polar surface area (TPSA) is 70.6 Å². The molecule has 2 N–H and O–H groups in total. The van der Waals surface area contributed by atoms with Crippen molar-refractivity contribution in [3.63, 3.8) is 0 Å². The molecule has 1 unspecified atom stereocenters. The third kappa shape index (κ3) is 10.1. The first-order valence-corrected chi connectivity index (χ1v) is 10.1. The largest absolute Gasteiger partial charge is 0.357 e. The number of rotatable bonds is 8. The fourth-order valence-electron chi connectivity index (χ4n) is 2.11. The van der Waals surface area contributed by atoms with Crippen LogP contribution in [0.1, 0.15) is 37.3 Å². The molecule has 1 atom stereocenters. The van der Waals surface area contributed by atoms with Crippen LogP contribution in [0.3, 0.4) is 0 Å². The van der Waals surface area contributed by atoms with Crippen LogP contribution in [0.5, 0.6) is 0 Å². The summed E-state index contributed by atoms with van der Waals surface area (Å²) in [4.78, 5) is 4.59. The summed E-state index contributed by atoms with van der Waals surface area (Å²) in [5, 5.41) is 6.37. The van der Waals surface area contributed by atoms with E-state index in [0.29, 0.717) is 25.4 Å². The predicted molar refractivity (Wildman–Crippen MR) is 113 cm³/mol. The Morgan fingerprint density at radius 1 is 1.21 bits per heavy atom. The van der Waals surface area contributed by atoms with E-state index >= 15 is 0 Å². The van der Waals surface area contributed by atoms with Crippen molar-refractivity contribution >= 4 is 39.8 Å². The third-order valence-corrected chi connectivity index (χ3v) is 4.53. The Morgan fingerprint density at radius 2 is 1.83 bits per heavy atom. The van der Waals surface area contributed by atoms with Crippen LogP contribution in [0, 0.1) is 6.92 Å². The standard InChI is InChI=1S/C17H29N3O2S.HI/c1-5-18-17(19-11-6-12-23(4,21)22)20-13-15(3)16-9-7-14(2)8-10-16;/h7-10,15H,5-6,11-13H2,1-4H3,(H2,18,19,20);1H. The van der Waals surface area contributed by atoms with Crippen molar-refractivity contribution in [3.8, 4) is 0 Å². The van der Waals surface area contributed by atoms with Crippen LogP contribution in [-0.4, -0.2) is 46.0 Å². The Bertz CT molecular complexity index is 601. The van der Waals surface area contributed by atoms with Crippen LogP contribution >= 0.6 is 24.0 Å². The van der Waals surface area contributed by atoms with E-state index in [9.17, 15) is 8.42 Å². The molecule has 0 aromatic heterocycles. The van der Waals surface area contributed by atoms with Gasteiger partial charge in [-0.1, -0.05) is 36.8 Å². The first kappa shape index (κ1) is 23.2. The van der Waals surface area contributed by atoms with E-state index in [4.69, 9.17) is 0 Å². The molecular weight excluding hydrogens is 437 g/mol. The van der Waals surface area contributed by atoms with Crippen molar-refractivity contribution in [2.75, 3.05) is 31.6 Å². The number of nitrogens with zero attached hydrogens (tertiary/aromatic N) is 1. The average molecular weight is 467 g/mol. The number of guanidine groups is 1. The lowest BCUT2D eigenvalue weighted by atomic mass is 10.0. The summed E-state index contributed by atoms with van der Waals surface area (Å²) >= 11 is 0. The summed E-state index contributed by atoms with van der Waals surface area (Å²) in [5.74, 6) is 1.26. The molecular formula is C17H30IN3O2S. The van der Waals surface area contributed by atoms with E-state index in [2.05, 4.69) is 53.7 Å². The van der Waals surface area contributed by atoms with Gasteiger partial charge in [-0.05, 0) is 25.8 Å². The van der Waals surface area contributed by atoms with E-state index < -0.39 is 9.84 Å². The molecule has 0 spiro atoms. The van der Waals surface area contributed by atoms with Crippen LogP contribution in [0.2, 0.25) is 0 Å². The van der Waals surface area contributed by atoms with Gasteiger partial charge in [0, 0.05) is 31.8 Å². The molecule has 0 radical (unpaired) electrons. The van der Waals surface area contributed by atoms with Crippen molar-refractivity contribution in [2.24, 2.45) is 4.99 Å². The van der Waals surface area contributed by atoms with Crippen LogP contribution in [0.4, 0.5) is 0 Å². The van der Waals surface area contributed by atoms with Gasteiger partial charge < -0.3 is 10.6 Å². The second kappa shape index (κ2) is 11.7. The van der Waals surface area contributed by atoms with Gasteiger partial charge in [0.05, 0.1) is 5.75 Å². The zero-order valence-corrected chi connectivity index (χ0v) is 18.1. The van der Waals surface area contributed by atoms with Crippen molar-refractivity contribution in [1.82, 2.24) is 10.6 Å². The highest BCUT2D eigenvalue weighted by molar-refractivity contribution is 14.0. The number of sulfone groups is 1. The molecule has 5 nitrogen and oxygen atoms in total. The van der Waals surface area contributed by atoms with Crippen LogP contribution in [-0.2, 0) is 9.84 Å². The predicted octanol–water partition coefficient (Wildman–Crippen LogP) is 2.71. The summed E-state index contributed by atoms with van der Waals surface area (Å²) in [6, 6.07) is 8.51. The van der Waals surface area contributed by atoms with Gasteiger partial charge in [-0.3, -0.25) is 4.99 Å². The Balaban J connectivity index is 0.00000529. The number of aryl methyl sites for hydroxylation is 1. The minimum absolute atomic E-state index is 0. The molecule has 0 fully saturated rings. The highest BCUT2D eigenvalue weighted by Gasteiger charge is 2.06. The minimum Gasteiger partial charge on any atom is -0.357 e. The lowest BCUT2D eigenvalue weighted by molar-refractivity contribution is 0.598. The van der Waals surface area contributed by atoms with E-state index in [-0.39, 0.29) is 29.7 Å². The van der Waals surface area contributed by atoms with Crippen molar-refractivity contribution in [2.45, 2.75) is 33.1 Å². The summed E-state index contributed by atoms with van der Waals surface area (Å²) in [5.41, 5.74) is 2.53. The number of nitrogens with one attached hydrogen (secondary N) is 2. The Kier molecular flexibility index (Phi) is 11.3. The first-order chi connectivity index (χ1) is 10.8. The molecule has 0 amide bonds. The van der Waals surface area contributed by atoms with Crippen LogP contribution < -0.4 is 10.6 Å². The normalized spacial score (nSPS) is 13.1. The van der Waals surface area contributed by atoms with E-state index in [1.165, 1.54) is 17.4 Å². The summed E-state index contributed by atoms with van der Waals surface area (Å²) in [6.45, 7) is 8.30. The lowest BCUT2D eigenvalue weighted by Crippen LogP contribution is -2.38. The molecule has 0 aliphatic rings. The number of aliphatic imine (C=N–C) groups is 1. The molecule has 0 aliphatic carbocycles. The molecule has 1 aromatic rings. The number of benzene rings is 1. The van der Waals surface area contributed by atoms with Crippen molar-refractivity contribution < 1.29 is 8.42 Å². The van der Waals surface area contributed by atoms with Crippen molar-refractivity contribution in [3.05, 3.63) is 35.4 Å². The maximum absolute atomic E-state index is 11.1. The second-order valence-electron chi connectivity index (χ2n) is 5.94. The Labute approximate surface area is 163 Å². The first-order valence-electron chi connectivity index (χ1n) is 8.08. The summed E-state index contributed by atoms with van der Waals surface area (Å²) in [7, 11) is -2.90. The number of halogens is 1. The summed E-state index contributed by atoms with van der Waals surface area (Å²) < 4.78 is 22.2. The highest BCUT2D eigenvalue weighted by atomic mass is 127. The Hall–Kier alpha value is -0.830. The maximum Gasteiger partial charge on any atom is 0.191 e. The quantitative estimate of drug-likeness (QED) is 0.267. The van der Waals surface area contributed by atoms with Crippen molar-refractivity contribution in [1.29, 1.82) is 0 Å². The van der Waals surface area contributed by atoms with Gasteiger partial charge in [0.15, 0.2) is 5.96 Å². The monoisotopic (exact) mass is 467 g/mol. The molecule has 24 heavy (non-hydrogen) atoms. The smallest absolute Gasteiger partial charge is 0.191 e. The minimum atomic E-state index is -2.90. The van der Waals surface area contributed by atoms with Gasteiger partial charge in [0.25, 0.3) is 0 Å². The second-order valence-corrected chi connectivity index (χ2v) is 8.20. The van der Waals surface area contributed by atoms with Gasteiger partial charge in [-0.15, -0.1) is 24.0 Å². The van der Waals surface area contributed by atoms with Crippen LogP contribution in [0.15, 0.2) is 29.3 Å². The number of hydrogen-bond donors (Lipinski definition) is 2. The molecule has 0 heterocycles. The molecule has 0 saturated carbocycles. The van der Waals surface area contributed by atoms with Gasteiger partial charge in [-0.25, -0.2) is 8.42 Å². The molecule has 138 valence electrons. The molecule has 0 aliphatic heterocycles. The molecule has 0 saturated heterocycles. The average Bonchev–Trinajstić information content (AvgIpc) is 2.48. The zero-order chi connectivity index (χ0) is 17.3. The van der Waals surface area contributed by atoms with E-state index in [1.54, 1.807) is 0 Å². The van der Waals surface area contributed by atoms with Gasteiger partial charge >= 0.3 is 0 Å². The molecule has 7 heteroatoms. The van der Waals surface area contributed by atoms with Gasteiger partial charge in [-0.2, -0.15) is 0 Å². The highest BCUT2D eigenvalue weighted by Crippen LogP contribution is 2.15. The van der Waals surface area contributed by atoms with Gasteiger partial charge in [0.1, 0.15) is 9.84 Å². The number of hydrogen-bond acceptors (Lipinski definition) is 3. The lowest BCUT2D eigenvalue weighted by Gasteiger charge is -2.14. The molecule has 1 aromatic carbocycles. The fraction of sp³-hybridized carbons (Fsp3) is 0.588. The van der Waals surface area contributed by atoms with Crippen LogP contribution in [0.25, 0.3) is 0 Å². The summed E-state index contributed by atoms with van der Waals surface area (Å²) in [6.07, 6.45) is 1.84. The van der Waals surface area contributed by atoms with E-state index in [0.717, 1.165) is 12.5 Å². The van der Waals surface area contributed by atoms with E-state index in [1.807, 2.05) is 6.92 Å². The zero-order valence-electron chi connectivity index (χ0n) is 15.0. The molecule has 0 bridgehead atoms. The third-order valence-electron chi connectivity index (χ3n) is 3.50. The molecule has 1 rings (SSSR count). The fourth-order valence-corrected chi connectivity index (χ4v) is 2.78. The Morgan fingerprint density at radius 3 is 2.38 bits per heavy atom. The maximum atomic E-state index is 11.1. The SMILES string of the molecule is CCNC(=NCC(C)c1ccc(C)cc1)NCCCS(C)(=O)=O.I. The van der Waals surface area contributed by atoms with Gasteiger partial charge in [0.2, 0.25) is 0 Å².